The number of phenolic OH excluding ortho intramolecular Hbond substituents is 1. The normalized spacial score (nSPS) is 19.3. The summed E-state index contributed by atoms with van der Waals surface area (Å²) in [6.07, 6.45) is 1.71. The number of hydrogen-bond acceptors (Lipinski definition) is 6. The van der Waals surface area contributed by atoms with Gasteiger partial charge in [-0.1, -0.05) is 32.4 Å². The molecule has 1 aliphatic rings. The molecule has 5 unspecified atom stereocenters. The third kappa shape index (κ3) is 6.92. The molecule has 1 fully saturated rings. The van der Waals surface area contributed by atoms with Crippen molar-refractivity contribution in [1.82, 2.24) is 15.5 Å². The van der Waals surface area contributed by atoms with Gasteiger partial charge in [-0.2, -0.15) is 0 Å². The van der Waals surface area contributed by atoms with E-state index in [1.807, 2.05) is 6.92 Å². The summed E-state index contributed by atoms with van der Waals surface area (Å²) < 4.78 is 0. The Morgan fingerprint density at radius 2 is 1.79 bits per heavy atom. The van der Waals surface area contributed by atoms with Gasteiger partial charge in [-0.15, -0.1) is 0 Å². The van der Waals surface area contributed by atoms with Crippen LogP contribution < -0.4 is 16.4 Å². The number of rotatable bonds is 10. The van der Waals surface area contributed by atoms with Crippen molar-refractivity contribution in [3.63, 3.8) is 0 Å². The highest BCUT2D eigenvalue weighted by Crippen LogP contribution is 2.19. The zero-order chi connectivity index (χ0) is 24.7. The molecule has 10 heteroatoms. The van der Waals surface area contributed by atoms with Gasteiger partial charge in [-0.25, -0.2) is 4.79 Å². The van der Waals surface area contributed by atoms with Gasteiger partial charge >= 0.3 is 5.97 Å². The standard InChI is InChI=1S/C23H34N4O6/c1-4-13(2)19(23(32)33)26-20(29)17(12-15-7-9-16(28)10-8-15)25-21(30)18-6-5-11-27(18)22(31)14(3)24/h7-10,13-14,17-19,28H,4-6,11-12,24H2,1-3H3,(H,25,30)(H,26,29)(H,32,33). The Hall–Kier alpha value is -3.14. The van der Waals surface area contributed by atoms with Crippen molar-refractivity contribution in [2.45, 2.75) is 70.6 Å². The lowest BCUT2D eigenvalue weighted by Gasteiger charge is -2.28. The van der Waals surface area contributed by atoms with Crippen LogP contribution in [0.1, 0.15) is 45.6 Å². The first-order valence-electron chi connectivity index (χ1n) is 11.2. The Bertz CT molecular complexity index is 857. The van der Waals surface area contributed by atoms with E-state index in [4.69, 9.17) is 5.73 Å². The van der Waals surface area contributed by atoms with Crippen LogP contribution in [0.2, 0.25) is 0 Å². The fourth-order valence-corrected chi connectivity index (χ4v) is 3.85. The highest BCUT2D eigenvalue weighted by atomic mass is 16.4. The van der Waals surface area contributed by atoms with Gasteiger partial charge in [-0.3, -0.25) is 14.4 Å². The molecular weight excluding hydrogens is 428 g/mol. The summed E-state index contributed by atoms with van der Waals surface area (Å²) in [6.45, 7) is 5.51. The van der Waals surface area contributed by atoms with Crippen LogP contribution in [0.3, 0.4) is 0 Å². The van der Waals surface area contributed by atoms with E-state index in [0.29, 0.717) is 31.4 Å². The molecule has 3 amide bonds. The molecule has 1 aromatic rings. The van der Waals surface area contributed by atoms with Crippen LogP contribution in [0, 0.1) is 5.92 Å². The van der Waals surface area contributed by atoms with Crippen LogP contribution in [0.5, 0.6) is 5.75 Å². The SMILES string of the molecule is CCC(C)C(NC(=O)C(Cc1ccc(O)cc1)NC(=O)C1CCCN1C(=O)C(C)N)C(=O)O. The number of carboxylic acids is 1. The van der Waals surface area contributed by atoms with Gasteiger partial charge in [0.25, 0.3) is 0 Å². The number of aromatic hydroxyl groups is 1. The van der Waals surface area contributed by atoms with E-state index >= 15 is 0 Å². The average molecular weight is 463 g/mol. The lowest BCUT2D eigenvalue weighted by Crippen LogP contribution is -2.57. The molecule has 33 heavy (non-hydrogen) atoms. The van der Waals surface area contributed by atoms with Crippen molar-refractivity contribution in [3.8, 4) is 5.75 Å². The minimum atomic E-state index is -1.16. The number of hydrogen-bond donors (Lipinski definition) is 5. The van der Waals surface area contributed by atoms with Crippen molar-refractivity contribution < 1.29 is 29.4 Å². The number of nitrogens with zero attached hydrogens (tertiary/aromatic N) is 1. The topological polar surface area (TPSA) is 162 Å². The summed E-state index contributed by atoms with van der Waals surface area (Å²) >= 11 is 0. The largest absolute Gasteiger partial charge is 0.508 e. The monoisotopic (exact) mass is 462 g/mol. The Morgan fingerprint density at radius 3 is 2.33 bits per heavy atom. The Morgan fingerprint density at radius 1 is 1.15 bits per heavy atom. The summed E-state index contributed by atoms with van der Waals surface area (Å²) in [5.74, 6) is -2.87. The van der Waals surface area contributed by atoms with Gasteiger partial charge in [0.05, 0.1) is 6.04 Å². The second-order valence-electron chi connectivity index (χ2n) is 8.62. The molecule has 0 aromatic heterocycles. The Labute approximate surface area is 193 Å². The number of aliphatic carboxylic acids is 1. The molecule has 10 nitrogen and oxygen atoms in total. The minimum absolute atomic E-state index is 0.0579. The number of likely N-dealkylation sites (tertiary alicyclic amines) is 1. The van der Waals surface area contributed by atoms with Crippen molar-refractivity contribution >= 4 is 23.7 Å². The summed E-state index contributed by atoms with van der Waals surface area (Å²) in [6, 6.07) is 2.49. The predicted molar refractivity (Wildman–Crippen MR) is 121 cm³/mol. The zero-order valence-corrected chi connectivity index (χ0v) is 19.3. The lowest BCUT2D eigenvalue weighted by atomic mass is 9.98. The maximum Gasteiger partial charge on any atom is 0.326 e. The Balaban J connectivity index is 2.23. The first-order chi connectivity index (χ1) is 15.5. The van der Waals surface area contributed by atoms with Crippen LogP contribution >= 0.6 is 0 Å². The van der Waals surface area contributed by atoms with Crippen LogP contribution in [0.25, 0.3) is 0 Å². The van der Waals surface area contributed by atoms with Crippen LogP contribution in [0.15, 0.2) is 24.3 Å². The van der Waals surface area contributed by atoms with Gasteiger partial charge in [0.1, 0.15) is 23.9 Å². The molecule has 6 N–H and O–H groups in total. The number of nitrogens with one attached hydrogen (secondary N) is 2. The van der Waals surface area contributed by atoms with Gasteiger partial charge in [-0.05, 0) is 43.4 Å². The molecule has 0 saturated carbocycles. The van der Waals surface area contributed by atoms with Gasteiger partial charge in [0, 0.05) is 13.0 Å². The number of phenols is 1. The number of carbonyl (C=O) groups is 4. The summed E-state index contributed by atoms with van der Waals surface area (Å²) in [5, 5.41) is 24.3. The fraction of sp³-hybridized carbons (Fsp3) is 0.565. The molecule has 1 heterocycles. The first-order valence-corrected chi connectivity index (χ1v) is 11.2. The van der Waals surface area contributed by atoms with E-state index in [9.17, 15) is 29.4 Å². The molecular formula is C23H34N4O6. The molecule has 1 aromatic carbocycles. The van der Waals surface area contributed by atoms with Crippen molar-refractivity contribution in [1.29, 1.82) is 0 Å². The quantitative estimate of drug-likeness (QED) is 0.335. The molecule has 0 bridgehead atoms. The predicted octanol–water partition coefficient (Wildman–Crippen LogP) is 0.373. The number of amides is 3. The van der Waals surface area contributed by atoms with Gasteiger partial charge < -0.3 is 31.5 Å². The zero-order valence-electron chi connectivity index (χ0n) is 19.3. The number of carbonyl (C=O) groups excluding carboxylic acids is 3. The van der Waals surface area contributed by atoms with E-state index in [1.165, 1.54) is 17.0 Å². The molecule has 1 aliphatic heterocycles. The fourth-order valence-electron chi connectivity index (χ4n) is 3.85. The highest BCUT2D eigenvalue weighted by Gasteiger charge is 2.37. The average Bonchev–Trinajstić information content (AvgIpc) is 3.26. The number of benzene rings is 1. The third-order valence-corrected chi connectivity index (χ3v) is 6.01. The van der Waals surface area contributed by atoms with Crippen LogP contribution in [-0.4, -0.2) is 69.5 Å². The maximum absolute atomic E-state index is 13.1. The van der Waals surface area contributed by atoms with Gasteiger partial charge in [0.15, 0.2) is 0 Å². The summed E-state index contributed by atoms with van der Waals surface area (Å²) in [5.41, 5.74) is 6.37. The summed E-state index contributed by atoms with van der Waals surface area (Å²) in [4.78, 5) is 51.6. The first kappa shape index (κ1) is 26.1. The number of nitrogens with two attached hydrogens (primary N) is 1. The minimum Gasteiger partial charge on any atom is -0.508 e. The van der Waals surface area contributed by atoms with E-state index in [-0.39, 0.29) is 24.0 Å². The van der Waals surface area contributed by atoms with Crippen LogP contribution in [-0.2, 0) is 25.6 Å². The smallest absolute Gasteiger partial charge is 0.326 e. The molecule has 0 aliphatic carbocycles. The second-order valence-corrected chi connectivity index (χ2v) is 8.62. The molecule has 0 radical (unpaired) electrons. The van der Waals surface area contributed by atoms with E-state index in [0.717, 1.165) is 0 Å². The molecule has 2 rings (SSSR count). The number of carboxylic acid groups (broad SMARTS) is 1. The van der Waals surface area contributed by atoms with E-state index < -0.39 is 42.0 Å². The van der Waals surface area contributed by atoms with Gasteiger partial charge in [0.2, 0.25) is 17.7 Å². The molecule has 5 atom stereocenters. The highest BCUT2D eigenvalue weighted by molar-refractivity contribution is 5.94. The summed E-state index contributed by atoms with van der Waals surface area (Å²) in [7, 11) is 0. The third-order valence-electron chi connectivity index (χ3n) is 6.01. The molecule has 182 valence electrons. The molecule has 1 saturated heterocycles. The van der Waals surface area contributed by atoms with Crippen LogP contribution in [0.4, 0.5) is 0 Å². The maximum atomic E-state index is 13.1. The van der Waals surface area contributed by atoms with E-state index in [2.05, 4.69) is 10.6 Å². The second kappa shape index (κ2) is 11.6. The van der Waals surface area contributed by atoms with E-state index in [1.54, 1.807) is 26.0 Å². The molecule has 0 spiro atoms. The lowest BCUT2D eigenvalue weighted by molar-refractivity contribution is -0.144. The van der Waals surface area contributed by atoms with Crippen molar-refractivity contribution in [3.05, 3.63) is 29.8 Å². The van der Waals surface area contributed by atoms with Crippen molar-refractivity contribution in [2.75, 3.05) is 6.54 Å². The van der Waals surface area contributed by atoms with Crippen molar-refractivity contribution in [2.24, 2.45) is 11.7 Å². The Kier molecular flexibility index (Phi) is 9.22.